The summed E-state index contributed by atoms with van der Waals surface area (Å²) >= 11 is 0. The van der Waals surface area contributed by atoms with E-state index >= 15 is 0 Å². The van der Waals surface area contributed by atoms with Gasteiger partial charge in [-0.2, -0.15) is 13.2 Å². The SMILES string of the molecule is COc1cc(CNCC(C)(C)O)ccc1OCc1cccc(C(F)(F)F)c1. The first-order chi connectivity index (χ1) is 12.6. The third kappa shape index (κ3) is 6.77. The second-order valence-corrected chi connectivity index (χ2v) is 6.89. The van der Waals surface area contributed by atoms with Crippen molar-refractivity contribution < 1.29 is 27.8 Å². The fourth-order valence-corrected chi connectivity index (χ4v) is 2.45. The standard InChI is InChI=1S/C20H24F3NO3/c1-19(2,25)13-24-11-14-7-8-17(18(10-14)26-3)27-12-15-5-4-6-16(9-15)20(21,22)23/h4-10,24-25H,11-13H2,1-3H3. The Balaban J connectivity index is 2.02. The first kappa shape index (κ1) is 21.1. The van der Waals surface area contributed by atoms with Crippen molar-refractivity contribution in [2.45, 2.75) is 38.8 Å². The van der Waals surface area contributed by atoms with Gasteiger partial charge >= 0.3 is 6.18 Å². The molecule has 0 bridgehead atoms. The number of ether oxygens (including phenoxy) is 2. The van der Waals surface area contributed by atoms with Crippen molar-refractivity contribution in [1.82, 2.24) is 5.32 Å². The predicted molar refractivity (Wildman–Crippen MR) is 96.8 cm³/mol. The molecule has 0 heterocycles. The number of rotatable bonds is 8. The van der Waals surface area contributed by atoms with Crippen molar-refractivity contribution in [3.05, 3.63) is 59.2 Å². The van der Waals surface area contributed by atoms with E-state index in [1.165, 1.54) is 13.2 Å². The molecule has 0 aromatic heterocycles. The molecular weight excluding hydrogens is 359 g/mol. The zero-order chi connectivity index (χ0) is 20.1. The lowest BCUT2D eigenvalue weighted by atomic mass is 10.1. The van der Waals surface area contributed by atoms with Crippen LogP contribution in [0.15, 0.2) is 42.5 Å². The molecular formula is C20H24F3NO3. The smallest absolute Gasteiger partial charge is 0.416 e. The van der Waals surface area contributed by atoms with Crippen molar-refractivity contribution in [2.75, 3.05) is 13.7 Å². The van der Waals surface area contributed by atoms with Gasteiger partial charge in [0.2, 0.25) is 0 Å². The fraction of sp³-hybridized carbons (Fsp3) is 0.400. The lowest BCUT2D eigenvalue weighted by Gasteiger charge is -2.18. The molecule has 0 radical (unpaired) electrons. The topological polar surface area (TPSA) is 50.7 Å². The number of benzene rings is 2. The molecule has 0 spiro atoms. The Morgan fingerprint density at radius 1 is 1.00 bits per heavy atom. The van der Waals surface area contributed by atoms with E-state index in [1.54, 1.807) is 32.0 Å². The minimum Gasteiger partial charge on any atom is -0.493 e. The number of methoxy groups -OCH3 is 1. The summed E-state index contributed by atoms with van der Waals surface area (Å²) in [7, 11) is 1.50. The van der Waals surface area contributed by atoms with Crippen LogP contribution in [-0.4, -0.2) is 24.4 Å². The van der Waals surface area contributed by atoms with Crippen LogP contribution in [0.1, 0.15) is 30.5 Å². The molecule has 2 N–H and O–H groups in total. The molecule has 0 aliphatic heterocycles. The molecule has 0 aliphatic rings. The summed E-state index contributed by atoms with van der Waals surface area (Å²) in [6.07, 6.45) is -4.38. The van der Waals surface area contributed by atoms with Gasteiger partial charge in [-0.3, -0.25) is 0 Å². The average molecular weight is 383 g/mol. The second-order valence-electron chi connectivity index (χ2n) is 6.89. The first-order valence-corrected chi connectivity index (χ1v) is 8.47. The molecule has 148 valence electrons. The maximum absolute atomic E-state index is 12.8. The van der Waals surface area contributed by atoms with E-state index in [2.05, 4.69) is 5.32 Å². The van der Waals surface area contributed by atoms with Gasteiger partial charge in [0.25, 0.3) is 0 Å². The molecule has 0 saturated heterocycles. The van der Waals surface area contributed by atoms with Crippen LogP contribution in [-0.2, 0) is 19.3 Å². The van der Waals surface area contributed by atoms with Crippen LogP contribution in [0.2, 0.25) is 0 Å². The Bertz CT molecular complexity index is 755. The zero-order valence-corrected chi connectivity index (χ0v) is 15.6. The van der Waals surface area contributed by atoms with Crippen molar-refractivity contribution in [2.24, 2.45) is 0 Å². The van der Waals surface area contributed by atoms with E-state index in [1.807, 2.05) is 6.07 Å². The van der Waals surface area contributed by atoms with Gasteiger partial charge in [0.1, 0.15) is 6.61 Å². The fourth-order valence-electron chi connectivity index (χ4n) is 2.45. The van der Waals surface area contributed by atoms with E-state index < -0.39 is 17.3 Å². The number of alkyl halides is 3. The molecule has 0 unspecified atom stereocenters. The Morgan fingerprint density at radius 2 is 1.74 bits per heavy atom. The van der Waals surface area contributed by atoms with Gasteiger partial charge in [-0.1, -0.05) is 18.2 Å². The third-order valence-electron chi connectivity index (χ3n) is 3.76. The lowest BCUT2D eigenvalue weighted by molar-refractivity contribution is -0.137. The molecule has 7 heteroatoms. The summed E-state index contributed by atoms with van der Waals surface area (Å²) < 4.78 is 49.3. The van der Waals surface area contributed by atoms with Gasteiger partial charge in [-0.05, 0) is 49.2 Å². The number of hydrogen-bond donors (Lipinski definition) is 2. The third-order valence-corrected chi connectivity index (χ3v) is 3.76. The molecule has 2 aromatic rings. The summed E-state index contributed by atoms with van der Waals surface area (Å²) in [6.45, 7) is 4.39. The van der Waals surface area contributed by atoms with Gasteiger partial charge in [0.05, 0.1) is 18.3 Å². The van der Waals surface area contributed by atoms with Crippen LogP contribution in [0.5, 0.6) is 11.5 Å². The average Bonchev–Trinajstić information content (AvgIpc) is 2.59. The van der Waals surface area contributed by atoms with E-state index in [0.29, 0.717) is 30.2 Å². The van der Waals surface area contributed by atoms with Crippen molar-refractivity contribution in [3.8, 4) is 11.5 Å². The molecule has 2 aromatic carbocycles. The van der Waals surface area contributed by atoms with Gasteiger partial charge < -0.3 is 19.9 Å². The maximum Gasteiger partial charge on any atom is 0.416 e. The number of halogens is 3. The highest BCUT2D eigenvalue weighted by atomic mass is 19.4. The van der Waals surface area contributed by atoms with Crippen LogP contribution in [0.4, 0.5) is 13.2 Å². The summed E-state index contributed by atoms with van der Waals surface area (Å²) in [5, 5.41) is 12.8. The molecule has 0 atom stereocenters. The normalized spacial score (nSPS) is 12.1. The zero-order valence-electron chi connectivity index (χ0n) is 15.6. The quantitative estimate of drug-likeness (QED) is 0.719. The molecule has 2 rings (SSSR count). The molecule has 0 aliphatic carbocycles. The van der Waals surface area contributed by atoms with E-state index in [0.717, 1.165) is 17.7 Å². The van der Waals surface area contributed by atoms with E-state index in [4.69, 9.17) is 9.47 Å². The molecule has 0 amide bonds. The maximum atomic E-state index is 12.8. The highest BCUT2D eigenvalue weighted by molar-refractivity contribution is 5.43. The van der Waals surface area contributed by atoms with Crippen molar-refractivity contribution in [1.29, 1.82) is 0 Å². The van der Waals surface area contributed by atoms with Crippen LogP contribution < -0.4 is 14.8 Å². The highest BCUT2D eigenvalue weighted by Gasteiger charge is 2.30. The molecule has 27 heavy (non-hydrogen) atoms. The monoisotopic (exact) mass is 383 g/mol. The number of aliphatic hydroxyl groups is 1. The van der Waals surface area contributed by atoms with Gasteiger partial charge in [-0.15, -0.1) is 0 Å². The van der Waals surface area contributed by atoms with Gasteiger partial charge in [0, 0.05) is 13.1 Å². The Hall–Kier alpha value is -2.25. The van der Waals surface area contributed by atoms with E-state index in [9.17, 15) is 18.3 Å². The summed E-state index contributed by atoms with van der Waals surface area (Å²) in [5.41, 5.74) is -0.160. The molecule has 0 saturated carbocycles. The highest BCUT2D eigenvalue weighted by Crippen LogP contribution is 2.31. The van der Waals surface area contributed by atoms with Crippen molar-refractivity contribution in [3.63, 3.8) is 0 Å². The number of hydrogen-bond acceptors (Lipinski definition) is 4. The summed E-state index contributed by atoms with van der Waals surface area (Å²) in [4.78, 5) is 0. The van der Waals surface area contributed by atoms with Crippen LogP contribution in [0, 0.1) is 0 Å². The minimum atomic E-state index is -4.38. The van der Waals surface area contributed by atoms with Crippen LogP contribution in [0.25, 0.3) is 0 Å². The first-order valence-electron chi connectivity index (χ1n) is 8.47. The minimum absolute atomic E-state index is 0.00339. The lowest BCUT2D eigenvalue weighted by Crippen LogP contribution is -2.34. The number of nitrogens with one attached hydrogen (secondary N) is 1. The van der Waals surface area contributed by atoms with Crippen molar-refractivity contribution >= 4 is 0 Å². The van der Waals surface area contributed by atoms with Crippen LogP contribution in [0.3, 0.4) is 0 Å². The van der Waals surface area contributed by atoms with Gasteiger partial charge in [0.15, 0.2) is 11.5 Å². The Labute approximate surface area is 156 Å². The Kier molecular flexibility index (Phi) is 6.73. The summed E-state index contributed by atoms with van der Waals surface area (Å²) in [6, 6.07) is 10.4. The van der Waals surface area contributed by atoms with E-state index in [-0.39, 0.29) is 6.61 Å². The second kappa shape index (κ2) is 8.63. The Morgan fingerprint density at radius 3 is 2.37 bits per heavy atom. The van der Waals surface area contributed by atoms with Crippen LogP contribution >= 0.6 is 0 Å². The predicted octanol–water partition coefficient (Wildman–Crippen LogP) is 4.15. The van der Waals surface area contributed by atoms with Gasteiger partial charge in [-0.25, -0.2) is 0 Å². The summed E-state index contributed by atoms with van der Waals surface area (Å²) in [5.74, 6) is 0.936. The largest absolute Gasteiger partial charge is 0.493 e. The molecule has 0 fully saturated rings. The molecule has 4 nitrogen and oxygen atoms in total.